The highest BCUT2D eigenvalue weighted by atomic mass is 32.2. The quantitative estimate of drug-likeness (QED) is 0.349. The molecule has 2 heterocycles. The molecule has 0 spiro atoms. The third-order valence-electron chi connectivity index (χ3n) is 4.74. The van der Waals surface area contributed by atoms with E-state index in [4.69, 9.17) is 9.88 Å². The third kappa shape index (κ3) is 4.99. The van der Waals surface area contributed by atoms with Crippen LogP contribution in [0.25, 0.3) is 22.0 Å². The second kappa shape index (κ2) is 9.27. The fourth-order valence-electron chi connectivity index (χ4n) is 3.14. The summed E-state index contributed by atoms with van der Waals surface area (Å²) in [5.41, 5.74) is 3.26. The Morgan fingerprint density at radius 2 is 1.81 bits per heavy atom. The highest BCUT2D eigenvalue weighted by molar-refractivity contribution is 7.89. The Labute approximate surface area is 185 Å². The number of para-hydroxylation sites is 1. The molecule has 2 aromatic carbocycles. The lowest BCUT2D eigenvalue weighted by Crippen LogP contribution is -2.11. The SMILES string of the molecule is COCCNc1ccc(-c2cccc3cnc(Nc4ccc(S(N)(=O)=O)cc4)nc23)cn1. The van der Waals surface area contributed by atoms with E-state index >= 15 is 0 Å². The van der Waals surface area contributed by atoms with Crippen LogP contribution >= 0.6 is 0 Å². The molecule has 164 valence electrons. The average Bonchev–Trinajstić information content (AvgIpc) is 2.79. The number of aromatic nitrogens is 3. The number of nitrogens with two attached hydrogens (primary N) is 1. The van der Waals surface area contributed by atoms with Gasteiger partial charge < -0.3 is 15.4 Å². The fraction of sp³-hybridized carbons (Fsp3) is 0.136. The molecule has 0 radical (unpaired) electrons. The molecular weight excluding hydrogens is 428 g/mol. The van der Waals surface area contributed by atoms with Gasteiger partial charge in [-0.15, -0.1) is 0 Å². The average molecular weight is 451 g/mol. The second-order valence-electron chi connectivity index (χ2n) is 6.98. The van der Waals surface area contributed by atoms with Crippen molar-refractivity contribution in [1.82, 2.24) is 15.0 Å². The van der Waals surface area contributed by atoms with Crippen LogP contribution in [-0.4, -0.2) is 43.6 Å². The Hall–Kier alpha value is -3.60. The maximum atomic E-state index is 11.4. The van der Waals surface area contributed by atoms with Gasteiger partial charge in [0.25, 0.3) is 0 Å². The zero-order chi connectivity index (χ0) is 22.6. The van der Waals surface area contributed by atoms with Crippen LogP contribution in [0.3, 0.4) is 0 Å². The molecule has 0 aliphatic carbocycles. The van der Waals surface area contributed by atoms with Crippen molar-refractivity contribution < 1.29 is 13.2 Å². The van der Waals surface area contributed by atoms with Gasteiger partial charge in [0, 0.05) is 48.2 Å². The van der Waals surface area contributed by atoms with Crippen LogP contribution in [0.5, 0.6) is 0 Å². The lowest BCUT2D eigenvalue weighted by atomic mass is 10.0. The molecule has 0 saturated carbocycles. The van der Waals surface area contributed by atoms with Crippen LogP contribution in [0.1, 0.15) is 0 Å². The highest BCUT2D eigenvalue weighted by Gasteiger charge is 2.10. The summed E-state index contributed by atoms with van der Waals surface area (Å²) < 4.78 is 27.9. The van der Waals surface area contributed by atoms with E-state index in [1.54, 1.807) is 31.6 Å². The summed E-state index contributed by atoms with van der Waals surface area (Å²) in [5.74, 6) is 1.16. The topological polar surface area (TPSA) is 132 Å². The number of fused-ring (bicyclic) bond motifs is 1. The van der Waals surface area contributed by atoms with E-state index in [0.29, 0.717) is 24.8 Å². The maximum Gasteiger partial charge on any atom is 0.238 e. The number of hydrogen-bond donors (Lipinski definition) is 3. The van der Waals surface area contributed by atoms with E-state index in [-0.39, 0.29) is 4.90 Å². The van der Waals surface area contributed by atoms with Gasteiger partial charge in [0.1, 0.15) is 5.82 Å². The van der Waals surface area contributed by atoms with E-state index in [2.05, 4.69) is 25.6 Å². The second-order valence-corrected chi connectivity index (χ2v) is 8.54. The van der Waals surface area contributed by atoms with Crippen LogP contribution in [0.4, 0.5) is 17.5 Å². The normalized spacial score (nSPS) is 11.4. The monoisotopic (exact) mass is 450 g/mol. The molecule has 9 nitrogen and oxygen atoms in total. The summed E-state index contributed by atoms with van der Waals surface area (Å²) in [5, 5.41) is 12.3. The van der Waals surface area contributed by atoms with Crippen LogP contribution in [-0.2, 0) is 14.8 Å². The van der Waals surface area contributed by atoms with Crippen molar-refractivity contribution in [2.75, 3.05) is 30.9 Å². The Morgan fingerprint density at radius 1 is 1.00 bits per heavy atom. The number of methoxy groups -OCH3 is 1. The van der Waals surface area contributed by atoms with Crippen molar-refractivity contribution in [3.05, 3.63) is 67.0 Å². The van der Waals surface area contributed by atoms with Crippen LogP contribution in [0.2, 0.25) is 0 Å². The first-order chi connectivity index (χ1) is 15.4. The molecule has 4 rings (SSSR count). The first-order valence-electron chi connectivity index (χ1n) is 9.79. The predicted molar refractivity (Wildman–Crippen MR) is 124 cm³/mol. The van der Waals surface area contributed by atoms with Gasteiger partial charge in [0.05, 0.1) is 17.0 Å². The van der Waals surface area contributed by atoms with E-state index in [9.17, 15) is 8.42 Å². The lowest BCUT2D eigenvalue weighted by molar-refractivity contribution is 0.210. The van der Waals surface area contributed by atoms with Gasteiger partial charge >= 0.3 is 0 Å². The van der Waals surface area contributed by atoms with E-state index in [1.165, 1.54) is 12.1 Å². The molecule has 4 aromatic rings. The fourth-order valence-corrected chi connectivity index (χ4v) is 3.66. The summed E-state index contributed by atoms with van der Waals surface area (Å²) in [4.78, 5) is 13.5. The smallest absolute Gasteiger partial charge is 0.238 e. The standard InChI is InChI=1S/C22H22N6O3S/c1-31-12-11-24-20-10-5-15(13-25-20)19-4-2-3-16-14-26-22(28-21(16)19)27-17-6-8-18(9-7-17)32(23,29)30/h2-10,13-14H,11-12H2,1H3,(H,24,25)(H2,23,29,30)(H,26,27,28). The molecule has 0 aliphatic heterocycles. The zero-order valence-corrected chi connectivity index (χ0v) is 18.1. The minimum atomic E-state index is -3.74. The number of ether oxygens (including phenoxy) is 1. The minimum Gasteiger partial charge on any atom is -0.383 e. The molecule has 4 N–H and O–H groups in total. The Morgan fingerprint density at radius 3 is 2.50 bits per heavy atom. The number of sulfonamides is 1. The molecule has 0 atom stereocenters. The Bertz CT molecular complexity index is 1330. The number of nitrogens with one attached hydrogen (secondary N) is 2. The van der Waals surface area contributed by atoms with Gasteiger partial charge in [-0.25, -0.2) is 28.5 Å². The molecule has 0 amide bonds. The van der Waals surface area contributed by atoms with Gasteiger partial charge in [-0.2, -0.15) is 0 Å². The van der Waals surface area contributed by atoms with Crippen LogP contribution < -0.4 is 15.8 Å². The number of rotatable bonds is 8. The molecule has 0 unspecified atom stereocenters. The molecule has 0 saturated heterocycles. The van der Waals surface area contributed by atoms with Crippen molar-refractivity contribution in [2.45, 2.75) is 4.90 Å². The third-order valence-corrected chi connectivity index (χ3v) is 5.67. The van der Waals surface area contributed by atoms with Crippen molar-refractivity contribution in [1.29, 1.82) is 0 Å². The van der Waals surface area contributed by atoms with Gasteiger partial charge in [-0.3, -0.25) is 0 Å². The number of anilines is 3. The molecular formula is C22H22N6O3S. The van der Waals surface area contributed by atoms with Crippen LogP contribution in [0, 0.1) is 0 Å². The molecule has 32 heavy (non-hydrogen) atoms. The van der Waals surface area contributed by atoms with Crippen molar-refractivity contribution in [3.8, 4) is 11.1 Å². The highest BCUT2D eigenvalue weighted by Crippen LogP contribution is 2.28. The van der Waals surface area contributed by atoms with Gasteiger partial charge in [0.2, 0.25) is 16.0 Å². The number of nitrogens with zero attached hydrogens (tertiary/aromatic N) is 3. The van der Waals surface area contributed by atoms with Gasteiger partial charge in [-0.05, 0) is 36.4 Å². The Balaban J connectivity index is 1.61. The minimum absolute atomic E-state index is 0.0393. The molecule has 0 bridgehead atoms. The number of benzene rings is 2. The maximum absolute atomic E-state index is 11.4. The number of pyridine rings is 1. The first kappa shape index (κ1) is 21.6. The van der Waals surface area contributed by atoms with E-state index in [1.807, 2.05) is 30.3 Å². The summed E-state index contributed by atoms with van der Waals surface area (Å²) in [6, 6.07) is 15.8. The molecule has 0 aliphatic rings. The molecule has 10 heteroatoms. The van der Waals surface area contributed by atoms with Crippen LogP contribution in [0.15, 0.2) is 71.9 Å². The van der Waals surface area contributed by atoms with E-state index < -0.39 is 10.0 Å². The number of hydrogen-bond acceptors (Lipinski definition) is 8. The van der Waals surface area contributed by atoms with Crippen molar-refractivity contribution >= 4 is 38.4 Å². The van der Waals surface area contributed by atoms with Crippen molar-refractivity contribution in [3.63, 3.8) is 0 Å². The number of primary sulfonamides is 1. The molecule has 0 fully saturated rings. The largest absolute Gasteiger partial charge is 0.383 e. The summed E-state index contributed by atoms with van der Waals surface area (Å²) in [7, 11) is -2.09. The lowest BCUT2D eigenvalue weighted by Gasteiger charge is -2.10. The predicted octanol–water partition coefficient (Wildman–Crippen LogP) is 3.14. The van der Waals surface area contributed by atoms with E-state index in [0.717, 1.165) is 27.8 Å². The summed E-state index contributed by atoms with van der Waals surface area (Å²) >= 11 is 0. The first-order valence-corrected chi connectivity index (χ1v) is 11.3. The zero-order valence-electron chi connectivity index (χ0n) is 17.3. The Kier molecular flexibility index (Phi) is 6.26. The van der Waals surface area contributed by atoms with Crippen molar-refractivity contribution in [2.24, 2.45) is 5.14 Å². The summed E-state index contributed by atoms with van der Waals surface area (Å²) in [6.07, 6.45) is 3.53. The molecule has 2 aromatic heterocycles. The van der Waals surface area contributed by atoms with Gasteiger partial charge in [0.15, 0.2) is 0 Å². The van der Waals surface area contributed by atoms with Gasteiger partial charge in [-0.1, -0.05) is 18.2 Å². The summed E-state index contributed by atoms with van der Waals surface area (Å²) in [6.45, 7) is 1.28.